The van der Waals surface area contributed by atoms with Crippen molar-refractivity contribution in [3.63, 3.8) is 0 Å². The SMILES string of the molecule is CC(C)[N+](C)(CCC(c1ccccc1)c1cc(CO)ccc1O)C(C)C. The smallest absolute Gasteiger partial charge is 0.119 e. The van der Waals surface area contributed by atoms with Crippen molar-refractivity contribution in [3.05, 3.63) is 65.2 Å². The quantitative estimate of drug-likeness (QED) is 0.675. The summed E-state index contributed by atoms with van der Waals surface area (Å²) in [6.45, 7) is 10.1. The van der Waals surface area contributed by atoms with Crippen LogP contribution in [0.2, 0.25) is 0 Å². The van der Waals surface area contributed by atoms with Gasteiger partial charge in [0.1, 0.15) is 5.75 Å². The summed E-state index contributed by atoms with van der Waals surface area (Å²) in [6, 6.07) is 16.9. The number of benzene rings is 2. The molecule has 0 aliphatic rings. The van der Waals surface area contributed by atoms with E-state index in [0.29, 0.717) is 17.8 Å². The molecule has 0 amide bonds. The average Bonchev–Trinajstić information content (AvgIpc) is 2.63. The van der Waals surface area contributed by atoms with Gasteiger partial charge >= 0.3 is 0 Å². The fourth-order valence-corrected chi connectivity index (χ4v) is 3.69. The predicted octanol–water partition coefficient (Wildman–Crippen LogP) is 4.67. The summed E-state index contributed by atoms with van der Waals surface area (Å²) in [5, 5.41) is 20.0. The molecule has 142 valence electrons. The second-order valence-corrected chi connectivity index (χ2v) is 8.06. The molecule has 2 rings (SSSR count). The monoisotopic (exact) mass is 356 g/mol. The van der Waals surface area contributed by atoms with E-state index in [2.05, 4.69) is 46.9 Å². The molecule has 0 aliphatic heterocycles. The number of hydrogen-bond donors (Lipinski definition) is 2. The average molecular weight is 357 g/mol. The van der Waals surface area contributed by atoms with Crippen LogP contribution in [-0.2, 0) is 6.61 Å². The normalized spacial score (nSPS) is 13.4. The largest absolute Gasteiger partial charge is 0.508 e. The van der Waals surface area contributed by atoms with Crippen molar-refractivity contribution in [3.8, 4) is 5.75 Å². The summed E-state index contributed by atoms with van der Waals surface area (Å²) in [4.78, 5) is 0. The number of hydrogen-bond acceptors (Lipinski definition) is 2. The lowest BCUT2D eigenvalue weighted by atomic mass is 9.86. The number of rotatable bonds is 8. The summed E-state index contributed by atoms with van der Waals surface area (Å²) >= 11 is 0. The molecule has 0 bridgehead atoms. The van der Waals surface area contributed by atoms with Crippen molar-refractivity contribution >= 4 is 0 Å². The first-order valence-corrected chi connectivity index (χ1v) is 9.62. The molecule has 0 heterocycles. The molecule has 0 radical (unpaired) electrons. The van der Waals surface area contributed by atoms with E-state index in [0.717, 1.165) is 28.6 Å². The van der Waals surface area contributed by atoms with E-state index in [1.54, 1.807) is 12.1 Å². The molecule has 0 aliphatic carbocycles. The lowest BCUT2D eigenvalue weighted by molar-refractivity contribution is -0.949. The number of phenols is 1. The number of nitrogens with zero attached hydrogens (tertiary/aromatic N) is 1. The Morgan fingerprint density at radius 3 is 2.08 bits per heavy atom. The third-order valence-corrected chi connectivity index (χ3v) is 6.11. The fraction of sp³-hybridized carbons (Fsp3) is 0.478. The fourth-order valence-electron chi connectivity index (χ4n) is 3.69. The summed E-state index contributed by atoms with van der Waals surface area (Å²) in [7, 11) is 2.32. The van der Waals surface area contributed by atoms with Gasteiger partial charge in [0.2, 0.25) is 0 Å². The topological polar surface area (TPSA) is 40.5 Å². The number of aliphatic hydroxyl groups excluding tert-OH is 1. The first-order chi connectivity index (χ1) is 12.3. The minimum absolute atomic E-state index is 0.0133. The standard InChI is InChI=1S/C23H33NO2/c1-17(2)24(5,18(3)4)14-13-21(20-9-7-6-8-10-20)22-15-19(16-25)11-12-23(22)26/h6-12,15,17-18,21,25H,13-14,16H2,1-5H3/p+1. The van der Waals surface area contributed by atoms with Gasteiger partial charge in [-0.05, 0) is 51.0 Å². The minimum atomic E-state index is -0.0133. The maximum absolute atomic E-state index is 10.5. The summed E-state index contributed by atoms with van der Waals surface area (Å²) in [6.07, 6.45) is 0.944. The zero-order valence-corrected chi connectivity index (χ0v) is 16.8. The number of aliphatic hydroxyl groups is 1. The zero-order chi connectivity index (χ0) is 19.3. The second-order valence-electron chi connectivity index (χ2n) is 8.06. The van der Waals surface area contributed by atoms with Gasteiger partial charge in [-0.1, -0.05) is 36.4 Å². The van der Waals surface area contributed by atoms with E-state index in [-0.39, 0.29) is 12.5 Å². The molecule has 0 aromatic heterocycles. The highest BCUT2D eigenvalue weighted by molar-refractivity contribution is 5.43. The Morgan fingerprint density at radius 2 is 1.54 bits per heavy atom. The van der Waals surface area contributed by atoms with Gasteiger partial charge in [0, 0.05) is 17.9 Å². The van der Waals surface area contributed by atoms with Crippen LogP contribution in [0.3, 0.4) is 0 Å². The van der Waals surface area contributed by atoms with Crippen LogP contribution in [0, 0.1) is 0 Å². The van der Waals surface area contributed by atoms with Gasteiger partial charge in [-0.2, -0.15) is 0 Å². The van der Waals surface area contributed by atoms with Crippen LogP contribution >= 0.6 is 0 Å². The third kappa shape index (κ3) is 4.46. The molecule has 0 spiro atoms. The van der Waals surface area contributed by atoms with Crippen LogP contribution in [0.15, 0.2) is 48.5 Å². The minimum Gasteiger partial charge on any atom is -0.508 e. The van der Waals surface area contributed by atoms with Crippen LogP contribution in [0.25, 0.3) is 0 Å². The van der Waals surface area contributed by atoms with Gasteiger partial charge in [-0.25, -0.2) is 0 Å². The van der Waals surface area contributed by atoms with Crippen molar-refractivity contribution in [1.82, 2.24) is 0 Å². The summed E-state index contributed by atoms with van der Waals surface area (Å²) in [5.41, 5.74) is 2.95. The number of aromatic hydroxyl groups is 1. The Labute approximate surface area is 158 Å². The number of phenolic OH excluding ortho intramolecular Hbond substituents is 1. The molecule has 0 saturated carbocycles. The molecule has 1 unspecified atom stereocenters. The van der Waals surface area contributed by atoms with Crippen molar-refractivity contribution < 1.29 is 14.7 Å². The van der Waals surface area contributed by atoms with Gasteiger partial charge in [0.15, 0.2) is 0 Å². The Hall–Kier alpha value is -1.84. The predicted molar refractivity (Wildman–Crippen MR) is 108 cm³/mol. The van der Waals surface area contributed by atoms with Crippen LogP contribution in [0.4, 0.5) is 0 Å². The van der Waals surface area contributed by atoms with Crippen LogP contribution in [0.1, 0.15) is 56.7 Å². The molecule has 2 aromatic carbocycles. The highest BCUT2D eigenvalue weighted by atomic mass is 16.3. The molecule has 0 saturated heterocycles. The highest BCUT2D eigenvalue weighted by Gasteiger charge is 2.31. The summed E-state index contributed by atoms with van der Waals surface area (Å²) in [5.74, 6) is 0.414. The zero-order valence-electron chi connectivity index (χ0n) is 16.8. The lowest BCUT2D eigenvalue weighted by Crippen LogP contribution is -2.55. The first-order valence-electron chi connectivity index (χ1n) is 9.62. The van der Waals surface area contributed by atoms with Gasteiger partial charge in [0.25, 0.3) is 0 Å². The van der Waals surface area contributed by atoms with Gasteiger partial charge in [0.05, 0.1) is 32.3 Å². The van der Waals surface area contributed by atoms with E-state index in [1.807, 2.05) is 24.3 Å². The molecular weight excluding hydrogens is 322 g/mol. The van der Waals surface area contributed by atoms with Crippen molar-refractivity contribution in [2.75, 3.05) is 13.6 Å². The van der Waals surface area contributed by atoms with Gasteiger partial charge in [-0.15, -0.1) is 0 Å². The van der Waals surface area contributed by atoms with Gasteiger partial charge < -0.3 is 14.7 Å². The van der Waals surface area contributed by atoms with E-state index in [4.69, 9.17) is 0 Å². The molecule has 2 aromatic rings. The number of quaternary nitrogens is 1. The highest BCUT2D eigenvalue weighted by Crippen LogP contribution is 2.36. The van der Waals surface area contributed by atoms with Crippen LogP contribution < -0.4 is 0 Å². The molecule has 3 heteroatoms. The van der Waals surface area contributed by atoms with Crippen molar-refractivity contribution in [1.29, 1.82) is 0 Å². The van der Waals surface area contributed by atoms with Crippen molar-refractivity contribution in [2.24, 2.45) is 0 Å². The van der Waals surface area contributed by atoms with Gasteiger partial charge in [-0.3, -0.25) is 0 Å². The van der Waals surface area contributed by atoms with E-state index >= 15 is 0 Å². The molecule has 26 heavy (non-hydrogen) atoms. The molecular formula is C23H34NO2+. The Bertz CT molecular complexity index is 687. The van der Waals surface area contributed by atoms with E-state index < -0.39 is 0 Å². The third-order valence-electron chi connectivity index (χ3n) is 6.11. The molecule has 0 fully saturated rings. The Kier molecular flexibility index (Phi) is 6.85. The second kappa shape index (κ2) is 8.70. The molecule has 3 nitrogen and oxygen atoms in total. The maximum Gasteiger partial charge on any atom is 0.119 e. The lowest BCUT2D eigenvalue weighted by Gasteiger charge is -2.43. The van der Waals surface area contributed by atoms with E-state index in [9.17, 15) is 10.2 Å². The van der Waals surface area contributed by atoms with Crippen molar-refractivity contribution in [2.45, 2.75) is 58.7 Å². The maximum atomic E-state index is 10.5. The Balaban J connectivity index is 2.41. The molecule has 2 N–H and O–H groups in total. The summed E-state index contributed by atoms with van der Waals surface area (Å²) < 4.78 is 0.990. The van der Waals surface area contributed by atoms with Crippen LogP contribution in [0.5, 0.6) is 5.75 Å². The first kappa shape index (κ1) is 20.5. The Morgan fingerprint density at radius 1 is 0.923 bits per heavy atom. The van der Waals surface area contributed by atoms with Crippen LogP contribution in [-0.4, -0.2) is 40.4 Å². The van der Waals surface area contributed by atoms with E-state index in [1.165, 1.54) is 5.56 Å². The molecule has 1 atom stereocenters.